The van der Waals surface area contributed by atoms with Crippen LogP contribution in [-0.4, -0.2) is 70.4 Å². The Morgan fingerprint density at radius 3 is 2.52 bits per heavy atom. The molecule has 0 aliphatic carbocycles. The summed E-state index contributed by atoms with van der Waals surface area (Å²) in [4.78, 5) is 21.2. The second-order valence-electron chi connectivity index (χ2n) is 7.21. The number of hydrogen-bond acceptors (Lipinski definition) is 8. The van der Waals surface area contributed by atoms with Crippen LogP contribution in [0.3, 0.4) is 0 Å². The Balaban J connectivity index is 1.38. The van der Waals surface area contributed by atoms with Crippen LogP contribution in [0, 0.1) is 0 Å². The molecule has 0 spiro atoms. The van der Waals surface area contributed by atoms with Crippen molar-refractivity contribution in [3.05, 3.63) is 42.5 Å². The van der Waals surface area contributed by atoms with Crippen LogP contribution in [0.1, 0.15) is 0 Å². The van der Waals surface area contributed by atoms with Gasteiger partial charge in [0.05, 0.1) is 16.7 Å². The molecule has 3 aromatic rings. The second kappa shape index (κ2) is 8.72. The average molecular weight is 462 g/mol. The van der Waals surface area contributed by atoms with Crippen molar-refractivity contribution in [3.63, 3.8) is 0 Å². The number of anilines is 1. The molecule has 8 nitrogen and oxygen atoms in total. The van der Waals surface area contributed by atoms with Crippen molar-refractivity contribution in [1.29, 1.82) is 0 Å². The van der Waals surface area contributed by atoms with Crippen molar-refractivity contribution < 1.29 is 22.7 Å². The van der Waals surface area contributed by atoms with Crippen molar-refractivity contribution in [2.45, 2.75) is 4.90 Å². The molecule has 0 saturated carbocycles. The summed E-state index contributed by atoms with van der Waals surface area (Å²) in [6.07, 6.45) is 1.19. The lowest BCUT2D eigenvalue weighted by molar-refractivity contribution is -0.133. The SMILES string of the molecule is COc1cccc(OCC(=O)N2CCN(c3nc4c(S(C)(=O)=O)cccc4s3)CC2)c1. The molecule has 0 bridgehead atoms. The summed E-state index contributed by atoms with van der Waals surface area (Å²) in [6, 6.07) is 12.3. The molecule has 2 heterocycles. The summed E-state index contributed by atoms with van der Waals surface area (Å²) in [7, 11) is -1.77. The molecule has 10 heteroatoms. The maximum atomic E-state index is 12.5. The molecular formula is C21H23N3O5S2. The number of aromatic nitrogens is 1. The topological polar surface area (TPSA) is 89.0 Å². The molecule has 4 rings (SSSR count). The third kappa shape index (κ3) is 4.75. The quantitative estimate of drug-likeness (QED) is 0.557. The van der Waals surface area contributed by atoms with E-state index in [1.807, 2.05) is 18.2 Å². The molecule has 1 aromatic heterocycles. The Bertz CT molecular complexity index is 1200. The number of carbonyl (C=O) groups excluding carboxylic acids is 1. The van der Waals surface area contributed by atoms with Gasteiger partial charge in [0, 0.05) is 38.5 Å². The van der Waals surface area contributed by atoms with Crippen LogP contribution in [-0.2, 0) is 14.6 Å². The van der Waals surface area contributed by atoms with E-state index in [9.17, 15) is 13.2 Å². The maximum absolute atomic E-state index is 12.5. The van der Waals surface area contributed by atoms with Crippen LogP contribution in [0.25, 0.3) is 10.2 Å². The number of sulfone groups is 1. The standard InChI is InChI=1S/C21H23N3O5S2/c1-28-15-5-3-6-16(13-15)29-14-19(25)23-9-11-24(12-10-23)21-22-20-17(30-21)7-4-8-18(20)31(2,26)27/h3-8,13H,9-12,14H2,1-2H3. The summed E-state index contributed by atoms with van der Waals surface area (Å²) in [6.45, 7) is 2.31. The molecule has 1 aliphatic heterocycles. The number of amides is 1. The van der Waals surface area contributed by atoms with Crippen LogP contribution < -0.4 is 14.4 Å². The zero-order valence-corrected chi connectivity index (χ0v) is 18.9. The van der Waals surface area contributed by atoms with E-state index in [0.29, 0.717) is 43.2 Å². The van der Waals surface area contributed by atoms with Gasteiger partial charge in [-0.15, -0.1) is 0 Å². The van der Waals surface area contributed by atoms with Crippen LogP contribution in [0.5, 0.6) is 11.5 Å². The third-order valence-electron chi connectivity index (χ3n) is 5.08. The number of para-hydroxylation sites is 1. The van der Waals surface area contributed by atoms with Gasteiger partial charge in [-0.1, -0.05) is 23.5 Å². The van der Waals surface area contributed by atoms with E-state index < -0.39 is 9.84 Å². The highest BCUT2D eigenvalue weighted by molar-refractivity contribution is 7.91. The molecule has 164 valence electrons. The molecular weight excluding hydrogens is 438 g/mol. The molecule has 0 N–H and O–H groups in total. The van der Waals surface area contributed by atoms with Crippen molar-refractivity contribution in [2.24, 2.45) is 0 Å². The number of ether oxygens (including phenoxy) is 2. The van der Waals surface area contributed by atoms with Gasteiger partial charge in [0.1, 0.15) is 17.0 Å². The van der Waals surface area contributed by atoms with Crippen molar-refractivity contribution in [2.75, 3.05) is 51.1 Å². The van der Waals surface area contributed by atoms with Gasteiger partial charge in [-0.05, 0) is 24.3 Å². The van der Waals surface area contributed by atoms with Crippen LogP contribution in [0.15, 0.2) is 47.4 Å². The van der Waals surface area contributed by atoms with E-state index in [1.165, 1.54) is 17.6 Å². The normalized spacial score (nSPS) is 14.6. The summed E-state index contributed by atoms with van der Waals surface area (Å²) >= 11 is 1.47. The minimum Gasteiger partial charge on any atom is -0.497 e. The first-order chi connectivity index (χ1) is 14.8. The average Bonchev–Trinajstić information content (AvgIpc) is 3.21. The Kier molecular flexibility index (Phi) is 6.01. The molecule has 1 amide bonds. The van der Waals surface area contributed by atoms with Crippen LogP contribution in [0.2, 0.25) is 0 Å². The summed E-state index contributed by atoms with van der Waals surface area (Å²) < 4.78 is 35.7. The minimum atomic E-state index is -3.35. The number of fused-ring (bicyclic) bond motifs is 1. The first-order valence-corrected chi connectivity index (χ1v) is 12.4. The minimum absolute atomic E-state index is 0.0357. The van der Waals surface area contributed by atoms with Gasteiger partial charge in [0.25, 0.3) is 5.91 Å². The zero-order chi connectivity index (χ0) is 22.0. The third-order valence-corrected chi connectivity index (χ3v) is 7.29. The predicted molar refractivity (Wildman–Crippen MR) is 120 cm³/mol. The Morgan fingerprint density at radius 1 is 1.10 bits per heavy atom. The van der Waals surface area contributed by atoms with Crippen molar-refractivity contribution in [3.8, 4) is 11.5 Å². The highest BCUT2D eigenvalue weighted by Gasteiger charge is 2.24. The molecule has 1 fully saturated rings. The van der Waals surface area contributed by atoms with E-state index in [0.717, 1.165) is 9.83 Å². The molecule has 2 aromatic carbocycles. The fourth-order valence-electron chi connectivity index (χ4n) is 3.42. The van der Waals surface area contributed by atoms with Crippen LogP contribution in [0.4, 0.5) is 5.13 Å². The number of methoxy groups -OCH3 is 1. The predicted octanol–water partition coefficient (Wildman–Crippen LogP) is 2.44. The fraction of sp³-hybridized carbons (Fsp3) is 0.333. The van der Waals surface area contributed by atoms with E-state index in [-0.39, 0.29) is 17.4 Å². The molecule has 0 unspecified atom stereocenters. The van der Waals surface area contributed by atoms with E-state index in [4.69, 9.17) is 9.47 Å². The fourth-order valence-corrected chi connectivity index (χ4v) is 5.36. The lowest BCUT2D eigenvalue weighted by atomic mass is 10.3. The largest absolute Gasteiger partial charge is 0.497 e. The van der Waals surface area contributed by atoms with Gasteiger partial charge >= 0.3 is 0 Å². The first kappa shape index (κ1) is 21.4. The number of rotatable bonds is 6. The molecule has 0 radical (unpaired) electrons. The van der Waals surface area contributed by atoms with Gasteiger partial charge in [-0.25, -0.2) is 13.4 Å². The Hall–Kier alpha value is -2.85. The van der Waals surface area contributed by atoms with Gasteiger partial charge in [0.15, 0.2) is 21.6 Å². The second-order valence-corrected chi connectivity index (χ2v) is 10.2. The van der Waals surface area contributed by atoms with Gasteiger partial charge < -0.3 is 19.3 Å². The van der Waals surface area contributed by atoms with Crippen molar-refractivity contribution in [1.82, 2.24) is 9.88 Å². The summed E-state index contributed by atoms with van der Waals surface area (Å²) in [5.41, 5.74) is 0.509. The molecule has 1 saturated heterocycles. The first-order valence-electron chi connectivity index (χ1n) is 9.74. The van der Waals surface area contributed by atoms with Gasteiger partial charge in [-0.2, -0.15) is 0 Å². The maximum Gasteiger partial charge on any atom is 0.260 e. The number of hydrogen-bond donors (Lipinski definition) is 0. The van der Waals surface area contributed by atoms with E-state index in [2.05, 4.69) is 9.88 Å². The number of nitrogens with zero attached hydrogens (tertiary/aromatic N) is 3. The molecule has 1 aliphatic rings. The number of carbonyl (C=O) groups is 1. The van der Waals surface area contributed by atoms with E-state index in [1.54, 1.807) is 36.3 Å². The van der Waals surface area contributed by atoms with Gasteiger partial charge in [-0.3, -0.25) is 4.79 Å². The van der Waals surface area contributed by atoms with Gasteiger partial charge in [0.2, 0.25) is 0 Å². The van der Waals surface area contributed by atoms with E-state index >= 15 is 0 Å². The summed E-state index contributed by atoms with van der Waals surface area (Å²) in [5.74, 6) is 1.18. The number of thiazole rings is 1. The lowest BCUT2D eigenvalue weighted by Crippen LogP contribution is -2.50. The van der Waals surface area contributed by atoms with Crippen molar-refractivity contribution >= 4 is 42.4 Å². The Labute approximate surface area is 184 Å². The molecule has 0 atom stereocenters. The monoisotopic (exact) mass is 461 g/mol. The summed E-state index contributed by atoms with van der Waals surface area (Å²) in [5, 5.41) is 0.769. The number of piperazine rings is 1. The highest BCUT2D eigenvalue weighted by atomic mass is 32.2. The highest BCUT2D eigenvalue weighted by Crippen LogP contribution is 2.33. The lowest BCUT2D eigenvalue weighted by Gasteiger charge is -2.34. The smallest absolute Gasteiger partial charge is 0.260 e. The molecule has 31 heavy (non-hydrogen) atoms. The Morgan fingerprint density at radius 2 is 1.81 bits per heavy atom. The zero-order valence-electron chi connectivity index (χ0n) is 17.3. The van der Waals surface area contributed by atoms with Crippen LogP contribution >= 0.6 is 11.3 Å². The number of benzene rings is 2.